The summed E-state index contributed by atoms with van der Waals surface area (Å²) in [5.74, 6) is 0.0325. The molecule has 1 aromatic heterocycles. The van der Waals surface area contributed by atoms with E-state index in [4.69, 9.17) is 17.3 Å². The van der Waals surface area contributed by atoms with Crippen LogP contribution in [-0.4, -0.2) is 24.9 Å². The number of hydrogen-bond donors (Lipinski definition) is 2. The van der Waals surface area contributed by atoms with E-state index in [2.05, 4.69) is 14.7 Å². The SMILES string of the molecule is Nc1ncc(S(=O)(=O)NCCc2ccc(Cl)cc2)cn1. The first-order valence-corrected chi connectivity index (χ1v) is 7.65. The van der Waals surface area contributed by atoms with Crippen molar-refractivity contribution in [3.05, 3.63) is 47.2 Å². The third-order valence-corrected chi connectivity index (χ3v) is 4.24. The largest absolute Gasteiger partial charge is 0.368 e. The Hall–Kier alpha value is -1.70. The average molecular weight is 313 g/mol. The number of aromatic nitrogens is 2. The zero-order valence-electron chi connectivity index (χ0n) is 10.5. The fourth-order valence-corrected chi connectivity index (χ4v) is 2.58. The Balaban J connectivity index is 1.96. The van der Waals surface area contributed by atoms with Crippen LogP contribution >= 0.6 is 11.6 Å². The molecule has 2 aromatic rings. The second-order valence-electron chi connectivity index (χ2n) is 4.05. The Morgan fingerprint density at radius 1 is 1.15 bits per heavy atom. The fourth-order valence-electron chi connectivity index (χ4n) is 1.53. The molecule has 0 radical (unpaired) electrons. The first-order chi connectivity index (χ1) is 9.47. The van der Waals surface area contributed by atoms with Crippen molar-refractivity contribution in [3.8, 4) is 0 Å². The summed E-state index contributed by atoms with van der Waals surface area (Å²) in [7, 11) is -3.61. The van der Waals surface area contributed by atoms with Crippen LogP contribution in [0.3, 0.4) is 0 Å². The predicted octanol–water partition coefficient (Wildman–Crippen LogP) is 1.23. The van der Waals surface area contributed by atoms with E-state index in [9.17, 15) is 8.42 Å². The monoisotopic (exact) mass is 312 g/mol. The van der Waals surface area contributed by atoms with Crippen LogP contribution in [0.1, 0.15) is 5.56 Å². The molecular weight excluding hydrogens is 300 g/mol. The van der Waals surface area contributed by atoms with Crippen molar-refractivity contribution < 1.29 is 8.42 Å². The van der Waals surface area contributed by atoms with Crippen molar-refractivity contribution >= 4 is 27.6 Å². The Bertz CT molecular complexity index is 672. The predicted molar refractivity (Wildman–Crippen MR) is 76.8 cm³/mol. The van der Waals surface area contributed by atoms with Gasteiger partial charge in [0.25, 0.3) is 0 Å². The van der Waals surface area contributed by atoms with Gasteiger partial charge >= 0.3 is 0 Å². The number of sulfonamides is 1. The van der Waals surface area contributed by atoms with Crippen molar-refractivity contribution in [2.45, 2.75) is 11.3 Å². The highest BCUT2D eigenvalue weighted by atomic mass is 35.5. The van der Waals surface area contributed by atoms with Gasteiger partial charge in [0.2, 0.25) is 16.0 Å². The minimum atomic E-state index is -3.61. The zero-order valence-corrected chi connectivity index (χ0v) is 12.0. The minimum Gasteiger partial charge on any atom is -0.368 e. The van der Waals surface area contributed by atoms with Gasteiger partial charge in [-0.3, -0.25) is 0 Å². The quantitative estimate of drug-likeness (QED) is 0.865. The lowest BCUT2D eigenvalue weighted by atomic mass is 10.2. The van der Waals surface area contributed by atoms with Gasteiger partial charge in [0.15, 0.2) is 0 Å². The highest BCUT2D eigenvalue weighted by molar-refractivity contribution is 7.89. The van der Waals surface area contributed by atoms with Crippen LogP contribution in [0, 0.1) is 0 Å². The van der Waals surface area contributed by atoms with Gasteiger partial charge in [-0.15, -0.1) is 0 Å². The summed E-state index contributed by atoms with van der Waals surface area (Å²) in [6, 6.07) is 7.23. The second-order valence-corrected chi connectivity index (χ2v) is 6.25. The Morgan fingerprint density at radius 2 is 1.75 bits per heavy atom. The highest BCUT2D eigenvalue weighted by Crippen LogP contribution is 2.10. The first kappa shape index (κ1) is 14.7. The van der Waals surface area contributed by atoms with E-state index in [-0.39, 0.29) is 17.4 Å². The molecule has 20 heavy (non-hydrogen) atoms. The Morgan fingerprint density at radius 3 is 2.35 bits per heavy atom. The summed E-state index contributed by atoms with van der Waals surface area (Å²) in [6.07, 6.45) is 2.91. The molecule has 0 bridgehead atoms. The van der Waals surface area contributed by atoms with Crippen molar-refractivity contribution in [1.82, 2.24) is 14.7 Å². The maximum absolute atomic E-state index is 11.9. The molecule has 0 aliphatic rings. The number of benzene rings is 1. The third kappa shape index (κ3) is 3.89. The minimum absolute atomic E-state index is 0.0113. The Kier molecular flexibility index (Phi) is 4.53. The van der Waals surface area contributed by atoms with Gasteiger partial charge in [-0.05, 0) is 24.1 Å². The molecule has 106 valence electrons. The van der Waals surface area contributed by atoms with Crippen LogP contribution in [0.2, 0.25) is 5.02 Å². The molecule has 2 rings (SSSR count). The van der Waals surface area contributed by atoms with E-state index in [1.165, 1.54) is 12.4 Å². The zero-order chi connectivity index (χ0) is 14.6. The molecule has 0 spiro atoms. The fraction of sp³-hybridized carbons (Fsp3) is 0.167. The van der Waals surface area contributed by atoms with Crippen LogP contribution in [0.15, 0.2) is 41.6 Å². The average Bonchev–Trinajstić information content (AvgIpc) is 2.41. The number of rotatable bonds is 5. The summed E-state index contributed by atoms with van der Waals surface area (Å²) >= 11 is 5.78. The van der Waals surface area contributed by atoms with Gasteiger partial charge in [-0.25, -0.2) is 23.1 Å². The normalized spacial score (nSPS) is 11.4. The summed E-state index contributed by atoms with van der Waals surface area (Å²) in [4.78, 5) is 7.30. The number of nitrogens with two attached hydrogens (primary N) is 1. The first-order valence-electron chi connectivity index (χ1n) is 5.79. The van der Waals surface area contributed by atoms with Crippen LogP contribution < -0.4 is 10.5 Å². The maximum atomic E-state index is 11.9. The van der Waals surface area contributed by atoms with Crippen molar-refractivity contribution in [1.29, 1.82) is 0 Å². The molecule has 3 N–H and O–H groups in total. The van der Waals surface area contributed by atoms with E-state index in [1.807, 2.05) is 12.1 Å². The van der Waals surface area contributed by atoms with E-state index in [0.29, 0.717) is 11.4 Å². The molecule has 1 heterocycles. The summed E-state index contributed by atoms with van der Waals surface area (Å²) in [6.45, 7) is 0.272. The number of anilines is 1. The molecule has 1 aromatic carbocycles. The van der Waals surface area contributed by atoms with Crippen molar-refractivity contribution in [2.24, 2.45) is 0 Å². The molecule has 0 amide bonds. The van der Waals surface area contributed by atoms with Crippen LogP contribution in [0.25, 0.3) is 0 Å². The lowest BCUT2D eigenvalue weighted by Gasteiger charge is -2.06. The van der Waals surface area contributed by atoms with E-state index < -0.39 is 10.0 Å². The molecule has 0 unspecified atom stereocenters. The van der Waals surface area contributed by atoms with Crippen molar-refractivity contribution in [3.63, 3.8) is 0 Å². The van der Waals surface area contributed by atoms with E-state index in [0.717, 1.165) is 5.56 Å². The molecule has 0 fully saturated rings. The van der Waals surface area contributed by atoms with Gasteiger partial charge in [0.05, 0.1) is 12.4 Å². The summed E-state index contributed by atoms with van der Waals surface area (Å²) < 4.78 is 26.3. The molecule has 0 atom stereocenters. The van der Waals surface area contributed by atoms with Crippen LogP contribution in [-0.2, 0) is 16.4 Å². The molecular formula is C12H13ClN4O2S. The molecule has 0 saturated carbocycles. The van der Waals surface area contributed by atoms with Crippen LogP contribution in [0.4, 0.5) is 5.95 Å². The van der Waals surface area contributed by atoms with Gasteiger partial charge in [-0.1, -0.05) is 23.7 Å². The van der Waals surface area contributed by atoms with Crippen LogP contribution in [0.5, 0.6) is 0 Å². The highest BCUT2D eigenvalue weighted by Gasteiger charge is 2.14. The summed E-state index contributed by atoms with van der Waals surface area (Å²) in [5.41, 5.74) is 6.30. The molecule has 0 aliphatic carbocycles. The van der Waals surface area contributed by atoms with Gasteiger partial charge in [0.1, 0.15) is 4.90 Å². The van der Waals surface area contributed by atoms with E-state index in [1.54, 1.807) is 12.1 Å². The number of nitrogen functional groups attached to an aromatic ring is 1. The van der Waals surface area contributed by atoms with E-state index >= 15 is 0 Å². The lowest BCUT2D eigenvalue weighted by molar-refractivity contribution is 0.581. The molecule has 8 heteroatoms. The molecule has 0 aliphatic heterocycles. The molecule has 6 nitrogen and oxygen atoms in total. The second kappa shape index (κ2) is 6.17. The van der Waals surface area contributed by atoms with Gasteiger partial charge in [0, 0.05) is 11.6 Å². The maximum Gasteiger partial charge on any atom is 0.243 e. The number of hydrogen-bond acceptors (Lipinski definition) is 5. The topological polar surface area (TPSA) is 98.0 Å². The number of nitrogens with zero attached hydrogens (tertiary/aromatic N) is 2. The van der Waals surface area contributed by atoms with Gasteiger partial charge < -0.3 is 5.73 Å². The summed E-state index contributed by atoms with van der Waals surface area (Å²) in [5, 5.41) is 0.647. The van der Waals surface area contributed by atoms with Gasteiger partial charge in [-0.2, -0.15) is 0 Å². The third-order valence-electron chi connectivity index (χ3n) is 2.58. The smallest absolute Gasteiger partial charge is 0.243 e. The molecule has 0 saturated heterocycles. The lowest BCUT2D eigenvalue weighted by Crippen LogP contribution is -2.26. The number of nitrogens with one attached hydrogen (secondary N) is 1. The van der Waals surface area contributed by atoms with Crippen molar-refractivity contribution in [2.75, 3.05) is 12.3 Å². The number of halogens is 1. The standard InChI is InChI=1S/C12H13ClN4O2S/c13-10-3-1-9(2-4-10)5-6-17-20(18,19)11-7-15-12(14)16-8-11/h1-4,7-8,17H,5-6H2,(H2,14,15,16). The Labute approximate surface area is 122 Å².